The lowest BCUT2D eigenvalue weighted by Gasteiger charge is -2.26. The number of hydrogen-bond acceptors (Lipinski definition) is 9. The van der Waals surface area contributed by atoms with E-state index in [0.29, 0.717) is 5.56 Å². The van der Waals surface area contributed by atoms with Crippen LogP contribution in [0.1, 0.15) is 47.3 Å². The summed E-state index contributed by atoms with van der Waals surface area (Å²) in [6, 6.07) is 13.3. The molecule has 0 radical (unpaired) electrons. The van der Waals surface area contributed by atoms with Gasteiger partial charge in [-0.25, -0.2) is 8.42 Å². The van der Waals surface area contributed by atoms with E-state index >= 15 is 0 Å². The molecular weight excluding hydrogens is 651 g/mol. The first-order chi connectivity index (χ1) is 22.2. The van der Waals surface area contributed by atoms with Gasteiger partial charge in [-0.3, -0.25) is 4.79 Å². The molecule has 252 valence electrons. The van der Waals surface area contributed by atoms with E-state index < -0.39 is 58.9 Å². The van der Waals surface area contributed by atoms with E-state index in [4.69, 9.17) is 9.47 Å². The molecule has 10 nitrogen and oxygen atoms in total. The van der Waals surface area contributed by atoms with Crippen molar-refractivity contribution in [2.45, 2.75) is 55.6 Å². The molecular formula is C31H31F5N4O6S. The number of aromatic nitrogens is 1. The van der Waals surface area contributed by atoms with Crippen LogP contribution in [0.15, 0.2) is 65.6 Å². The molecule has 0 bridgehead atoms. The van der Waals surface area contributed by atoms with Gasteiger partial charge in [0, 0.05) is 6.42 Å². The minimum Gasteiger partial charge on any atom is -0.489 e. The Kier molecular flexibility index (Phi) is 11.2. The number of methoxy groups -OCH3 is 1. The van der Waals surface area contributed by atoms with Gasteiger partial charge in [0.1, 0.15) is 23.2 Å². The zero-order valence-electron chi connectivity index (χ0n) is 25.2. The molecule has 0 saturated carbocycles. The smallest absolute Gasteiger partial charge is 0.416 e. The largest absolute Gasteiger partial charge is 0.489 e. The average Bonchev–Trinajstić information content (AvgIpc) is 3.45. The van der Waals surface area contributed by atoms with Crippen LogP contribution in [-0.4, -0.2) is 64.1 Å². The van der Waals surface area contributed by atoms with Crippen LogP contribution >= 0.6 is 0 Å². The second-order valence-corrected chi connectivity index (χ2v) is 12.8. The lowest BCUT2D eigenvalue weighted by Crippen LogP contribution is -2.35. The Labute approximate surface area is 268 Å². The third-order valence-corrected chi connectivity index (χ3v) is 9.23. The molecule has 3 atom stereocenters. The first-order valence-corrected chi connectivity index (χ1v) is 16.0. The first kappa shape index (κ1) is 35.4. The number of alkyl halides is 5. The predicted octanol–water partition coefficient (Wildman–Crippen LogP) is 5.55. The summed E-state index contributed by atoms with van der Waals surface area (Å²) in [4.78, 5) is 19.5. The number of amides is 1. The molecule has 1 amide bonds. The Balaban J connectivity index is 1.53. The third-order valence-electron chi connectivity index (χ3n) is 7.48. The van der Waals surface area contributed by atoms with E-state index in [2.05, 4.69) is 15.0 Å². The predicted molar refractivity (Wildman–Crippen MR) is 159 cm³/mol. The van der Waals surface area contributed by atoms with Crippen LogP contribution in [0.5, 0.6) is 11.6 Å². The normalized spacial score (nSPS) is 17.3. The Bertz CT molecular complexity index is 1680. The van der Waals surface area contributed by atoms with Crippen LogP contribution in [0.25, 0.3) is 0 Å². The fourth-order valence-electron chi connectivity index (χ4n) is 5.07. The number of ether oxygens (including phenoxy) is 3. The Morgan fingerprint density at radius 3 is 2.36 bits per heavy atom. The minimum absolute atomic E-state index is 0.00139. The van der Waals surface area contributed by atoms with E-state index in [1.807, 2.05) is 6.07 Å². The Hall–Kier alpha value is -4.49. The van der Waals surface area contributed by atoms with E-state index in [1.165, 1.54) is 62.6 Å². The number of nitrogens with zero attached hydrogens (tertiary/aromatic N) is 3. The van der Waals surface area contributed by atoms with E-state index in [9.17, 15) is 40.4 Å². The zero-order chi connectivity index (χ0) is 34.4. The maximum absolute atomic E-state index is 13.3. The number of pyridine rings is 1. The molecule has 0 unspecified atom stereocenters. The first-order valence-electron chi connectivity index (χ1n) is 14.3. The highest BCUT2D eigenvalue weighted by atomic mass is 32.2. The van der Waals surface area contributed by atoms with Crippen LogP contribution in [0.4, 0.5) is 27.8 Å². The summed E-state index contributed by atoms with van der Waals surface area (Å²) in [6.07, 6.45) is -5.09. The highest BCUT2D eigenvalue weighted by molar-refractivity contribution is 7.91. The molecule has 0 spiro atoms. The molecule has 1 N–H and O–H groups in total. The van der Waals surface area contributed by atoms with E-state index in [0.717, 1.165) is 12.1 Å². The maximum atomic E-state index is 13.3. The molecule has 1 aliphatic heterocycles. The lowest BCUT2D eigenvalue weighted by molar-refractivity contribution is -0.137. The topological polar surface area (TPSA) is 131 Å². The fraction of sp³-hybridized carbons (Fsp3) is 0.387. The Morgan fingerprint density at radius 2 is 1.79 bits per heavy atom. The molecule has 47 heavy (non-hydrogen) atoms. The number of nitriles is 1. The van der Waals surface area contributed by atoms with Gasteiger partial charge < -0.3 is 24.4 Å². The number of hydrogen-bond donors (Lipinski definition) is 1. The number of anilines is 1. The van der Waals surface area contributed by atoms with Gasteiger partial charge in [0.15, 0.2) is 9.84 Å². The van der Waals surface area contributed by atoms with Crippen molar-refractivity contribution in [3.63, 3.8) is 0 Å². The van der Waals surface area contributed by atoms with Crippen molar-refractivity contribution in [1.82, 2.24) is 10.3 Å². The van der Waals surface area contributed by atoms with Crippen LogP contribution in [-0.2, 0) is 20.8 Å². The van der Waals surface area contributed by atoms with Crippen molar-refractivity contribution >= 4 is 21.6 Å². The van der Waals surface area contributed by atoms with Crippen molar-refractivity contribution in [2.75, 3.05) is 30.9 Å². The van der Waals surface area contributed by atoms with Gasteiger partial charge in [0.25, 0.3) is 5.91 Å². The third kappa shape index (κ3) is 8.86. The van der Waals surface area contributed by atoms with Crippen LogP contribution in [0.3, 0.4) is 0 Å². The second kappa shape index (κ2) is 14.9. The number of halogens is 5. The van der Waals surface area contributed by atoms with Crippen molar-refractivity contribution in [3.8, 4) is 17.7 Å². The van der Waals surface area contributed by atoms with E-state index in [-0.39, 0.29) is 53.0 Å². The van der Waals surface area contributed by atoms with Gasteiger partial charge in [-0.1, -0.05) is 19.1 Å². The zero-order valence-corrected chi connectivity index (χ0v) is 26.0. The highest BCUT2D eigenvalue weighted by Crippen LogP contribution is 2.33. The molecule has 2 aromatic carbocycles. The molecule has 4 rings (SSSR count). The van der Waals surface area contributed by atoms with Crippen LogP contribution in [0, 0.1) is 11.3 Å². The summed E-state index contributed by atoms with van der Waals surface area (Å²) in [5, 5.41) is 12.1. The Morgan fingerprint density at radius 1 is 1.11 bits per heavy atom. The molecule has 1 fully saturated rings. The van der Waals surface area contributed by atoms with Crippen molar-refractivity contribution in [1.29, 1.82) is 5.26 Å². The molecule has 0 aliphatic carbocycles. The summed E-state index contributed by atoms with van der Waals surface area (Å²) < 4.78 is 105. The van der Waals surface area contributed by atoms with Gasteiger partial charge in [0.05, 0.1) is 61.0 Å². The summed E-state index contributed by atoms with van der Waals surface area (Å²) in [5.74, 6) is -0.446. The molecule has 3 aromatic rings. The van der Waals surface area contributed by atoms with Crippen molar-refractivity contribution in [2.24, 2.45) is 0 Å². The molecule has 16 heteroatoms. The van der Waals surface area contributed by atoms with Gasteiger partial charge in [-0.15, -0.1) is 0 Å². The molecule has 2 heterocycles. The summed E-state index contributed by atoms with van der Waals surface area (Å²) >= 11 is 0. The number of rotatable bonds is 13. The van der Waals surface area contributed by atoms with Gasteiger partial charge in [-0.2, -0.15) is 32.2 Å². The van der Waals surface area contributed by atoms with Gasteiger partial charge in [0.2, 0.25) is 5.88 Å². The number of carbonyl (C=O) groups excluding carboxylic acids is 1. The highest BCUT2D eigenvalue weighted by Gasteiger charge is 2.36. The van der Waals surface area contributed by atoms with Crippen LogP contribution in [0.2, 0.25) is 0 Å². The van der Waals surface area contributed by atoms with Crippen molar-refractivity contribution in [3.05, 3.63) is 77.4 Å². The maximum Gasteiger partial charge on any atom is 0.416 e. The van der Waals surface area contributed by atoms with Crippen molar-refractivity contribution < 1.29 is 49.4 Å². The number of sulfone groups is 1. The number of nitrogens with one attached hydrogen (secondary N) is 1. The van der Waals surface area contributed by atoms with Gasteiger partial charge >= 0.3 is 12.8 Å². The second-order valence-electron chi connectivity index (χ2n) is 10.5. The molecule has 1 aromatic heterocycles. The molecule has 1 saturated heterocycles. The van der Waals surface area contributed by atoms with Crippen LogP contribution < -0.4 is 19.7 Å². The number of carbonyl (C=O) groups is 1. The fourth-order valence-corrected chi connectivity index (χ4v) is 5.95. The van der Waals surface area contributed by atoms with Gasteiger partial charge in [-0.05, 0) is 54.1 Å². The summed E-state index contributed by atoms with van der Waals surface area (Å²) in [6.45, 7) is -1.83. The summed E-state index contributed by atoms with van der Waals surface area (Å²) in [5.41, 5.74) is -0.348. The quantitative estimate of drug-likeness (QED) is 0.231. The lowest BCUT2D eigenvalue weighted by atomic mass is 10.0. The summed E-state index contributed by atoms with van der Waals surface area (Å²) in [7, 11) is -2.17. The monoisotopic (exact) mass is 682 g/mol. The average molecular weight is 683 g/mol. The minimum atomic E-state index is -4.52. The SMILES string of the molecule is CCS(=O)(=O)c1ccc([C@@H](CC#N)NC(=O)c2ccc(N3C[C@@H](Oc4ccc(C(F)(F)F)cc4)C[C@H]3COC(F)F)nc2OC)cc1. The standard InChI is InChI=1S/C31H31F5N4O6S/c1-3-47(42,43)24-10-4-19(5-11-24)26(14-15-37)38-28(41)25-12-13-27(39-29(25)44-2)40-17-23(16-21(40)18-45-30(32)33)46-22-8-6-20(7-9-22)31(34,35)36/h4-13,21,23,26,30H,3,14,16-18H2,1-2H3,(H,38,41)/t21-,23-,26+/m0/s1. The molecule has 1 aliphatic rings. The van der Waals surface area contributed by atoms with E-state index in [1.54, 1.807) is 4.90 Å². The number of benzene rings is 2.